The average molecular weight is 596 g/mol. The Morgan fingerprint density at radius 1 is 1.05 bits per heavy atom. The van der Waals surface area contributed by atoms with Crippen LogP contribution in [0.3, 0.4) is 0 Å². The normalized spacial score (nSPS) is 11.4. The van der Waals surface area contributed by atoms with Gasteiger partial charge in [0.2, 0.25) is 0 Å². The van der Waals surface area contributed by atoms with Crippen molar-refractivity contribution in [1.82, 2.24) is 0 Å². The molecule has 0 spiro atoms. The molecule has 0 aromatic heterocycles. The smallest absolute Gasteiger partial charge is 0.870 e. The van der Waals surface area contributed by atoms with Crippen molar-refractivity contribution in [2.24, 2.45) is 10.2 Å². The summed E-state index contributed by atoms with van der Waals surface area (Å²) in [5, 5.41) is 25.5. The van der Waals surface area contributed by atoms with Gasteiger partial charge in [-0.05, 0) is 47.7 Å². The number of carbonyl (C=O) groups is 1. The summed E-state index contributed by atoms with van der Waals surface area (Å²) in [5.74, 6) is -1.12. The fraction of sp³-hybridized carbons (Fsp3) is 0.115. The number of rotatable bonds is 7. The molecular formula is C26H20Cl2N3NaO6S. The van der Waals surface area contributed by atoms with Crippen molar-refractivity contribution in [2.45, 2.75) is 18.2 Å². The number of nitrogens with zero attached hydrogens (tertiary/aromatic N) is 2. The fourth-order valence-corrected chi connectivity index (χ4v) is 4.90. The van der Waals surface area contributed by atoms with Crippen LogP contribution in [0, 0.1) is 0 Å². The molecule has 0 aliphatic carbocycles. The molecule has 0 saturated carbocycles. The monoisotopic (exact) mass is 595 g/mol. The van der Waals surface area contributed by atoms with E-state index in [4.69, 9.17) is 27.9 Å². The summed E-state index contributed by atoms with van der Waals surface area (Å²) in [6, 6.07) is 15.2. The first kappa shape index (κ1) is 30.8. The van der Waals surface area contributed by atoms with Crippen LogP contribution in [-0.4, -0.2) is 26.0 Å². The number of fused-ring (bicyclic) bond motifs is 1. The maximum Gasteiger partial charge on any atom is 1.00 e. The van der Waals surface area contributed by atoms with Gasteiger partial charge in [0.1, 0.15) is 16.3 Å². The molecular weight excluding hydrogens is 576 g/mol. The Hall–Kier alpha value is -2.70. The minimum atomic E-state index is -4.68. The maximum absolute atomic E-state index is 13.4. The minimum Gasteiger partial charge on any atom is -0.870 e. The van der Waals surface area contributed by atoms with Gasteiger partial charge in [-0.3, -0.25) is 9.35 Å². The molecule has 0 aliphatic rings. The molecule has 1 amide bonds. The number of azo groups is 1. The van der Waals surface area contributed by atoms with Crippen LogP contribution in [0.4, 0.5) is 17.1 Å². The van der Waals surface area contributed by atoms with E-state index >= 15 is 0 Å². The number of anilines is 1. The van der Waals surface area contributed by atoms with Crippen LogP contribution in [0.25, 0.3) is 10.8 Å². The van der Waals surface area contributed by atoms with Crippen molar-refractivity contribution in [1.29, 1.82) is 0 Å². The van der Waals surface area contributed by atoms with Crippen molar-refractivity contribution in [3.63, 3.8) is 0 Å². The third-order valence-corrected chi connectivity index (χ3v) is 7.22. The molecule has 0 radical (unpaired) electrons. The zero-order chi connectivity index (χ0) is 27.6. The van der Waals surface area contributed by atoms with Gasteiger partial charge >= 0.3 is 29.6 Å². The second-order valence-corrected chi connectivity index (χ2v) is 10.3. The summed E-state index contributed by atoms with van der Waals surface area (Å²) in [5.41, 5.74) is 0.141. The van der Waals surface area contributed by atoms with Gasteiger partial charge in [0.05, 0.1) is 17.8 Å². The number of carbonyl (C=O) groups excluding carboxylic acids is 1. The third kappa shape index (κ3) is 6.72. The quantitative estimate of drug-likeness (QED) is 0.189. The molecule has 13 heteroatoms. The van der Waals surface area contributed by atoms with Gasteiger partial charge < -0.3 is 15.2 Å². The van der Waals surface area contributed by atoms with Gasteiger partial charge in [0.25, 0.3) is 16.0 Å². The molecule has 4 aromatic rings. The molecule has 0 unspecified atom stereocenters. The molecule has 196 valence electrons. The van der Waals surface area contributed by atoms with E-state index < -0.39 is 26.7 Å². The summed E-state index contributed by atoms with van der Waals surface area (Å²) in [6.45, 7) is 1.77. The molecule has 4 aromatic carbocycles. The van der Waals surface area contributed by atoms with Gasteiger partial charge in [0, 0.05) is 27.7 Å². The fourth-order valence-electron chi connectivity index (χ4n) is 3.76. The van der Waals surface area contributed by atoms with E-state index in [2.05, 4.69) is 15.5 Å². The SMILES string of the molecule is CCc1cc(S(=O)(=O)O)c(N=Nc2c([O-])c(C(=O)Nc3ccc(Cl)c(OC)c3)cc3ccccc23)cc1Cl.[Na+]. The van der Waals surface area contributed by atoms with E-state index in [0.717, 1.165) is 0 Å². The van der Waals surface area contributed by atoms with Gasteiger partial charge in [-0.1, -0.05) is 60.1 Å². The Morgan fingerprint density at radius 3 is 2.44 bits per heavy atom. The topological polar surface area (TPSA) is 140 Å². The molecule has 0 atom stereocenters. The molecule has 0 aliphatic heterocycles. The molecule has 9 nitrogen and oxygen atoms in total. The standard InChI is InChI=1S/C26H21Cl2N3O6S.Na/c1-3-14-11-23(38(34,35)36)21(13-20(14)28)30-31-24-17-7-5-4-6-15(17)10-18(25(24)32)26(33)29-16-8-9-19(27)22(12-16)37-2;/h4-13,32H,3H2,1-2H3,(H,29,33)(H,34,35,36);/q;+1/p-1. The van der Waals surface area contributed by atoms with Crippen molar-refractivity contribution in [3.8, 4) is 11.5 Å². The van der Waals surface area contributed by atoms with E-state index in [-0.39, 0.29) is 51.5 Å². The van der Waals surface area contributed by atoms with Crippen LogP contribution >= 0.6 is 23.2 Å². The average Bonchev–Trinajstić information content (AvgIpc) is 2.88. The minimum absolute atomic E-state index is 0. The summed E-state index contributed by atoms with van der Waals surface area (Å²) in [7, 11) is -3.25. The van der Waals surface area contributed by atoms with Crippen LogP contribution in [0.5, 0.6) is 11.5 Å². The van der Waals surface area contributed by atoms with Crippen LogP contribution in [0.2, 0.25) is 10.0 Å². The Morgan fingerprint density at radius 2 is 1.77 bits per heavy atom. The largest absolute Gasteiger partial charge is 1.00 e. The zero-order valence-corrected chi connectivity index (χ0v) is 25.4. The molecule has 4 rings (SSSR count). The molecule has 0 heterocycles. The zero-order valence-electron chi connectivity index (χ0n) is 21.0. The first-order chi connectivity index (χ1) is 18.0. The van der Waals surface area contributed by atoms with Crippen LogP contribution in [-0.2, 0) is 16.5 Å². The number of nitrogens with one attached hydrogen (secondary N) is 1. The van der Waals surface area contributed by atoms with E-state index in [1.54, 1.807) is 37.3 Å². The predicted molar refractivity (Wildman–Crippen MR) is 144 cm³/mol. The van der Waals surface area contributed by atoms with Crippen molar-refractivity contribution in [2.75, 3.05) is 12.4 Å². The van der Waals surface area contributed by atoms with Crippen molar-refractivity contribution >= 4 is 67.1 Å². The molecule has 39 heavy (non-hydrogen) atoms. The second kappa shape index (κ2) is 12.6. The second-order valence-electron chi connectivity index (χ2n) is 8.07. The Bertz CT molecular complexity index is 1710. The molecule has 0 bridgehead atoms. The van der Waals surface area contributed by atoms with E-state index in [0.29, 0.717) is 39.2 Å². The van der Waals surface area contributed by atoms with Gasteiger partial charge in [-0.2, -0.15) is 13.5 Å². The van der Waals surface area contributed by atoms with Gasteiger partial charge in [0.15, 0.2) is 0 Å². The summed E-state index contributed by atoms with van der Waals surface area (Å²) in [6.07, 6.45) is 0.408. The van der Waals surface area contributed by atoms with Crippen LogP contribution in [0.15, 0.2) is 75.8 Å². The summed E-state index contributed by atoms with van der Waals surface area (Å²) in [4.78, 5) is 12.6. The Balaban J connectivity index is 0.00000420. The number of halogens is 2. The molecule has 0 saturated heterocycles. The number of hydrogen-bond acceptors (Lipinski definition) is 7. The number of ether oxygens (including phenoxy) is 1. The van der Waals surface area contributed by atoms with Crippen molar-refractivity contribution < 1.29 is 57.2 Å². The number of amides is 1. The number of methoxy groups -OCH3 is 1. The molecule has 2 N–H and O–H groups in total. The van der Waals surface area contributed by atoms with Crippen LogP contribution in [0.1, 0.15) is 22.8 Å². The van der Waals surface area contributed by atoms with E-state index in [9.17, 15) is 22.9 Å². The van der Waals surface area contributed by atoms with E-state index in [1.165, 1.54) is 37.4 Å². The molecule has 0 fully saturated rings. The Kier molecular flexibility index (Phi) is 10.0. The van der Waals surface area contributed by atoms with E-state index in [1.807, 2.05) is 0 Å². The van der Waals surface area contributed by atoms with Gasteiger partial charge in [-0.15, -0.1) is 5.11 Å². The Labute approximate surface area is 256 Å². The number of aryl methyl sites for hydroxylation is 1. The van der Waals surface area contributed by atoms with Crippen LogP contribution < -0.4 is 44.7 Å². The first-order valence-electron chi connectivity index (χ1n) is 11.1. The van der Waals surface area contributed by atoms with Gasteiger partial charge in [-0.25, -0.2) is 0 Å². The predicted octanol–water partition coefficient (Wildman–Crippen LogP) is 3.71. The number of hydrogen-bond donors (Lipinski definition) is 2. The summed E-state index contributed by atoms with van der Waals surface area (Å²) >= 11 is 12.3. The summed E-state index contributed by atoms with van der Waals surface area (Å²) < 4.78 is 38.8. The third-order valence-electron chi connectivity index (χ3n) is 5.67. The maximum atomic E-state index is 13.4. The first-order valence-corrected chi connectivity index (χ1v) is 13.3. The van der Waals surface area contributed by atoms with Crippen molar-refractivity contribution in [3.05, 3.63) is 81.8 Å². The number of benzene rings is 4.